The second kappa shape index (κ2) is 13.7. The summed E-state index contributed by atoms with van der Waals surface area (Å²) in [5.41, 5.74) is 0.432. The van der Waals surface area contributed by atoms with Gasteiger partial charge in [-0.3, -0.25) is 29.6 Å². The Bertz CT molecular complexity index is 2140. The summed E-state index contributed by atoms with van der Waals surface area (Å²) >= 11 is 0. The summed E-state index contributed by atoms with van der Waals surface area (Å²) in [6, 6.07) is 24.5. The molecule has 2 N–H and O–H groups in total. The van der Waals surface area contributed by atoms with Crippen LogP contribution in [0.3, 0.4) is 0 Å². The number of nitrogens with one attached hydrogen (secondary N) is 1. The number of fused-ring (bicyclic) bond motifs is 1. The van der Waals surface area contributed by atoms with Crippen LogP contribution in [0.1, 0.15) is 16.8 Å². The molecule has 0 bridgehead atoms. The zero-order valence-electron chi connectivity index (χ0n) is 27.2. The van der Waals surface area contributed by atoms with Gasteiger partial charge in [0, 0.05) is 42.9 Å². The van der Waals surface area contributed by atoms with E-state index in [4.69, 9.17) is 14.2 Å². The van der Waals surface area contributed by atoms with E-state index in [1.165, 1.54) is 44.5 Å². The maximum atomic E-state index is 14.0. The fraction of sp³-hybridized carbons (Fsp3) is 0.139. The number of rotatable bonds is 9. The highest BCUT2D eigenvalue weighted by molar-refractivity contribution is 6.12. The van der Waals surface area contributed by atoms with Crippen LogP contribution in [0.25, 0.3) is 10.8 Å². The number of hydrogen-bond acceptors (Lipinski definition) is 10. The number of nitro groups is 1. The topological polar surface area (TPSA) is 164 Å². The number of imide groups is 1. The number of phenols is 1. The van der Waals surface area contributed by atoms with E-state index < -0.39 is 22.8 Å². The lowest BCUT2D eigenvalue weighted by Crippen LogP contribution is -2.49. The van der Waals surface area contributed by atoms with Crippen LogP contribution in [0.2, 0.25) is 0 Å². The number of methoxy groups -OCH3 is 2. The minimum Gasteiger partial charge on any atom is -0.506 e. The van der Waals surface area contributed by atoms with Crippen LogP contribution in [0.5, 0.6) is 28.7 Å². The minimum atomic E-state index is -0.791. The Morgan fingerprint density at radius 3 is 2.28 bits per heavy atom. The largest absolute Gasteiger partial charge is 0.506 e. The van der Waals surface area contributed by atoms with E-state index in [0.29, 0.717) is 33.6 Å². The minimum absolute atomic E-state index is 0.000947. The number of aromatic hydroxyl groups is 1. The molecule has 4 amide bonds. The lowest BCUT2D eigenvalue weighted by molar-refractivity contribution is -0.384. The molecule has 5 aromatic carbocycles. The number of amides is 4. The second-order valence-electron chi connectivity index (χ2n) is 11.1. The summed E-state index contributed by atoms with van der Waals surface area (Å²) in [6.45, 7) is 0.224. The Labute approximate surface area is 285 Å². The third-order valence-corrected chi connectivity index (χ3v) is 8.17. The first-order chi connectivity index (χ1) is 24.1. The molecule has 1 saturated heterocycles. The molecule has 1 heterocycles. The monoisotopic (exact) mass is 677 g/mol. The van der Waals surface area contributed by atoms with Gasteiger partial charge >= 0.3 is 6.03 Å². The summed E-state index contributed by atoms with van der Waals surface area (Å²) in [7, 11) is 4.36. The molecular weight excluding hydrogens is 646 g/mol. The van der Waals surface area contributed by atoms with Crippen LogP contribution >= 0.6 is 0 Å². The zero-order valence-corrected chi connectivity index (χ0v) is 27.2. The molecule has 0 saturated carbocycles. The van der Waals surface area contributed by atoms with Gasteiger partial charge in [-0.2, -0.15) is 5.01 Å². The normalized spacial score (nSPS) is 12.5. The number of hydrazine groups is 1. The van der Waals surface area contributed by atoms with Crippen molar-refractivity contribution < 1.29 is 38.6 Å². The molecule has 1 fully saturated rings. The third-order valence-electron chi connectivity index (χ3n) is 8.17. The van der Waals surface area contributed by atoms with E-state index in [0.717, 1.165) is 16.0 Å². The van der Waals surface area contributed by atoms with Gasteiger partial charge in [-0.05, 0) is 48.5 Å². The Morgan fingerprint density at radius 2 is 1.58 bits per heavy atom. The summed E-state index contributed by atoms with van der Waals surface area (Å²) in [6.07, 6.45) is 0.0586. The van der Waals surface area contributed by atoms with Crippen molar-refractivity contribution in [2.24, 2.45) is 0 Å². The number of benzene rings is 5. The molecule has 0 spiro atoms. The number of para-hydroxylation sites is 2. The van der Waals surface area contributed by atoms with Crippen molar-refractivity contribution in [1.29, 1.82) is 0 Å². The van der Waals surface area contributed by atoms with E-state index in [-0.39, 0.29) is 47.2 Å². The molecule has 0 unspecified atom stereocenters. The lowest BCUT2D eigenvalue weighted by Gasteiger charge is -2.31. The fourth-order valence-corrected chi connectivity index (χ4v) is 5.60. The van der Waals surface area contributed by atoms with Crippen molar-refractivity contribution in [2.75, 3.05) is 43.0 Å². The lowest BCUT2D eigenvalue weighted by atomic mass is 10.0. The molecule has 6 rings (SSSR count). The number of ether oxygens (including phenoxy) is 3. The average Bonchev–Trinajstić information content (AvgIpc) is 3.53. The van der Waals surface area contributed by atoms with Gasteiger partial charge in [-0.1, -0.05) is 36.4 Å². The van der Waals surface area contributed by atoms with E-state index in [1.807, 2.05) is 0 Å². The number of nitro benzene ring substituents is 1. The van der Waals surface area contributed by atoms with Crippen molar-refractivity contribution in [3.05, 3.63) is 113 Å². The molecule has 1 aliphatic heterocycles. The van der Waals surface area contributed by atoms with E-state index in [2.05, 4.69) is 5.32 Å². The van der Waals surface area contributed by atoms with E-state index >= 15 is 0 Å². The number of anilines is 3. The maximum Gasteiger partial charge on any atom is 0.350 e. The van der Waals surface area contributed by atoms with Gasteiger partial charge in [-0.15, -0.1) is 0 Å². The number of non-ortho nitro benzene ring substituents is 1. The molecule has 0 aromatic heterocycles. The highest BCUT2D eigenvalue weighted by Crippen LogP contribution is 2.42. The van der Waals surface area contributed by atoms with Gasteiger partial charge in [-0.25, -0.2) is 4.79 Å². The van der Waals surface area contributed by atoms with E-state index in [1.54, 1.807) is 72.8 Å². The van der Waals surface area contributed by atoms with Gasteiger partial charge in [0.15, 0.2) is 5.75 Å². The van der Waals surface area contributed by atoms with Crippen molar-refractivity contribution in [3.8, 4) is 28.7 Å². The predicted octanol–water partition coefficient (Wildman–Crippen LogP) is 6.73. The van der Waals surface area contributed by atoms with Crippen LogP contribution in [0.15, 0.2) is 97.1 Å². The van der Waals surface area contributed by atoms with Crippen LogP contribution in [-0.4, -0.2) is 60.7 Å². The molecule has 5 aromatic rings. The Kier molecular flexibility index (Phi) is 9.08. The van der Waals surface area contributed by atoms with Crippen LogP contribution in [0, 0.1) is 10.1 Å². The Balaban J connectivity index is 1.39. The summed E-state index contributed by atoms with van der Waals surface area (Å²) in [4.78, 5) is 52.9. The Hall–Kier alpha value is -6.83. The average molecular weight is 678 g/mol. The zero-order chi connectivity index (χ0) is 35.5. The molecule has 0 aliphatic carbocycles. The number of hydrogen-bond donors (Lipinski definition) is 2. The van der Waals surface area contributed by atoms with Crippen molar-refractivity contribution in [2.45, 2.75) is 6.42 Å². The second-order valence-corrected chi connectivity index (χ2v) is 11.1. The Morgan fingerprint density at radius 1 is 0.880 bits per heavy atom. The molecule has 1 aliphatic rings. The van der Waals surface area contributed by atoms with Gasteiger partial charge < -0.3 is 24.6 Å². The quantitative estimate of drug-likeness (QED) is 0.126. The van der Waals surface area contributed by atoms with Gasteiger partial charge in [0.1, 0.15) is 23.0 Å². The van der Waals surface area contributed by atoms with Crippen LogP contribution in [-0.2, 0) is 4.79 Å². The molecule has 254 valence electrons. The van der Waals surface area contributed by atoms with Crippen molar-refractivity contribution in [1.82, 2.24) is 5.01 Å². The first-order valence-corrected chi connectivity index (χ1v) is 15.3. The predicted molar refractivity (Wildman–Crippen MR) is 185 cm³/mol. The third kappa shape index (κ3) is 6.24. The molecule has 50 heavy (non-hydrogen) atoms. The van der Waals surface area contributed by atoms with Crippen molar-refractivity contribution in [3.63, 3.8) is 0 Å². The molecule has 0 atom stereocenters. The number of urea groups is 1. The summed E-state index contributed by atoms with van der Waals surface area (Å²) in [5.74, 6) is -0.330. The van der Waals surface area contributed by atoms with Crippen molar-refractivity contribution >= 4 is 51.4 Å². The standard InChI is InChI=1S/C36H31N5O9/c1-38(36(45)40-33(42)18-19-39(40)22-12-15-24(48-2)16-13-22)29-20-23(41(46)47)14-17-31(29)50-32-21-27(34(43)26-9-5-4-8-25(26)32)35(44)37-28-10-6-7-11-30(28)49-3/h4-17,20-21,43H,18-19H2,1-3H3,(H,37,44). The van der Waals surface area contributed by atoms with E-state index in [9.17, 15) is 29.6 Å². The number of phenolic OH excluding ortho intramolecular Hbond substituents is 1. The summed E-state index contributed by atoms with van der Waals surface area (Å²) < 4.78 is 16.9. The van der Waals surface area contributed by atoms with Crippen LogP contribution < -0.4 is 29.4 Å². The fourth-order valence-electron chi connectivity index (χ4n) is 5.60. The number of carbonyl (C=O) groups excluding carboxylic acids is 3. The number of nitrogens with zero attached hydrogens (tertiary/aromatic N) is 4. The highest BCUT2D eigenvalue weighted by Gasteiger charge is 2.38. The smallest absolute Gasteiger partial charge is 0.350 e. The SMILES string of the molecule is COc1ccc(N2CCC(=O)N2C(=O)N(C)c2cc([N+](=O)[O-])ccc2Oc2cc(C(=O)Nc3ccccc3OC)c(O)c3ccccc23)cc1. The number of carbonyl (C=O) groups is 3. The molecule has 14 heteroatoms. The molecule has 0 radical (unpaired) electrons. The summed E-state index contributed by atoms with van der Waals surface area (Å²) in [5, 5.41) is 29.0. The first-order valence-electron chi connectivity index (χ1n) is 15.3. The first kappa shape index (κ1) is 33.1. The van der Waals surface area contributed by atoms with Gasteiger partial charge in [0.05, 0.1) is 41.8 Å². The van der Waals surface area contributed by atoms with Crippen LogP contribution in [0.4, 0.5) is 27.5 Å². The van der Waals surface area contributed by atoms with Gasteiger partial charge in [0.2, 0.25) is 0 Å². The highest BCUT2D eigenvalue weighted by atomic mass is 16.6. The molecule has 14 nitrogen and oxygen atoms in total. The van der Waals surface area contributed by atoms with Gasteiger partial charge in [0.25, 0.3) is 17.5 Å². The molecular formula is C36H31N5O9. The maximum absolute atomic E-state index is 14.0.